The number of nitrogens with one attached hydrogen (secondary N) is 1. The van der Waals surface area contributed by atoms with Crippen molar-refractivity contribution in [3.05, 3.63) is 36.4 Å². The van der Waals surface area contributed by atoms with E-state index >= 15 is 0 Å². The zero-order valence-electron chi connectivity index (χ0n) is 20.6. The lowest BCUT2D eigenvalue weighted by Crippen LogP contribution is -2.58. The minimum atomic E-state index is -0.581. The number of piperidine rings is 1. The van der Waals surface area contributed by atoms with Gasteiger partial charge >= 0.3 is 0 Å². The first kappa shape index (κ1) is 23.7. The number of β-amino-alcohol motifs (C(OH)–C–C–N with tert-alkyl or cyclic N) is 2. The number of aromatic nitrogens is 4. The first-order chi connectivity index (χ1) is 16.9. The van der Waals surface area contributed by atoms with Crippen LogP contribution in [-0.2, 0) is 4.74 Å². The van der Waals surface area contributed by atoms with Crippen molar-refractivity contribution in [2.75, 3.05) is 41.9 Å². The maximum Gasteiger partial charge on any atom is 0.227 e. The van der Waals surface area contributed by atoms with Crippen LogP contribution in [0.1, 0.15) is 38.8 Å². The molecule has 5 heterocycles. The van der Waals surface area contributed by atoms with Crippen LogP contribution in [0.2, 0.25) is 0 Å². The molecule has 2 saturated heterocycles. The van der Waals surface area contributed by atoms with Gasteiger partial charge in [0.1, 0.15) is 11.6 Å². The minimum absolute atomic E-state index is 0.0506. The fraction of sp³-hybridized carbons (Fsp3) is 0.520. The Hall–Kier alpha value is -3.08. The monoisotopic (exact) mass is 479 g/mol. The third-order valence-electron chi connectivity index (χ3n) is 7.08. The van der Waals surface area contributed by atoms with Crippen LogP contribution in [0.15, 0.2) is 30.7 Å². The van der Waals surface area contributed by atoms with Crippen molar-refractivity contribution < 1.29 is 14.9 Å². The molecule has 4 atom stereocenters. The first-order valence-corrected chi connectivity index (χ1v) is 12.1. The summed E-state index contributed by atoms with van der Waals surface area (Å²) in [6.07, 6.45) is 5.12. The molecule has 0 amide bonds. The number of rotatable bonds is 6. The molecule has 186 valence electrons. The highest BCUT2D eigenvalue weighted by molar-refractivity contribution is 5.97. The molecule has 0 aromatic carbocycles. The first-order valence-electron chi connectivity index (χ1n) is 12.1. The molecule has 0 spiro atoms. The van der Waals surface area contributed by atoms with Crippen LogP contribution in [-0.4, -0.2) is 81.2 Å². The fourth-order valence-electron chi connectivity index (χ4n) is 4.87. The molecule has 10 nitrogen and oxygen atoms in total. The third-order valence-corrected chi connectivity index (χ3v) is 7.08. The number of pyridine rings is 2. The van der Waals surface area contributed by atoms with Crippen LogP contribution in [0.3, 0.4) is 0 Å². The summed E-state index contributed by atoms with van der Waals surface area (Å²) in [7, 11) is 1.62. The Bertz CT molecular complexity index is 1210. The van der Waals surface area contributed by atoms with Gasteiger partial charge in [0, 0.05) is 49.9 Å². The van der Waals surface area contributed by atoms with E-state index in [0.29, 0.717) is 43.6 Å². The predicted octanol–water partition coefficient (Wildman–Crippen LogP) is 2.44. The summed E-state index contributed by atoms with van der Waals surface area (Å²) in [6.45, 7) is 8.00. The molecule has 0 radical (unpaired) electrons. The SMILES string of the molecule is CO[C@H]1CCN(c2nccc(Nc3cc4c(C(C)C)ncc(N5C[C@H](O)[C@H]5C)c4cn3)n2)C[C@H]1O. The van der Waals surface area contributed by atoms with E-state index in [2.05, 4.69) is 39.0 Å². The Morgan fingerprint density at radius 1 is 1.06 bits per heavy atom. The Kier molecular flexibility index (Phi) is 6.43. The smallest absolute Gasteiger partial charge is 0.227 e. The van der Waals surface area contributed by atoms with E-state index in [-0.39, 0.29) is 24.2 Å². The lowest BCUT2D eigenvalue weighted by Gasteiger charge is -2.45. The second kappa shape index (κ2) is 9.52. The van der Waals surface area contributed by atoms with E-state index in [4.69, 9.17) is 9.72 Å². The molecule has 3 N–H and O–H groups in total. The summed E-state index contributed by atoms with van der Waals surface area (Å²) in [4.78, 5) is 22.6. The van der Waals surface area contributed by atoms with Gasteiger partial charge in [0.15, 0.2) is 0 Å². The molecule has 5 rings (SSSR count). The third kappa shape index (κ3) is 4.49. The van der Waals surface area contributed by atoms with Crippen molar-refractivity contribution in [1.29, 1.82) is 0 Å². The number of aliphatic hydroxyl groups is 2. The highest BCUT2D eigenvalue weighted by atomic mass is 16.5. The number of ether oxygens (including phenoxy) is 1. The van der Waals surface area contributed by atoms with Crippen LogP contribution in [0.4, 0.5) is 23.3 Å². The number of fused-ring (bicyclic) bond motifs is 1. The fourth-order valence-corrected chi connectivity index (χ4v) is 4.87. The molecule has 0 saturated carbocycles. The molecule has 2 aliphatic heterocycles. The van der Waals surface area contributed by atoms with Crippen molar-refractivity contribution in [2.45, 2.75) is 57.5 Å². The van der Waals surface area contributed by atoms with E-state index in [9.17, 15) is 10.2 Å². The maximum atomic E-state index is 10.3. The minimum Gasteiger partial charge on any atom is -0.389 e. The van der Waals surface area contributed by atoms with Gasteiger partial charge in [-0.1, -0.05) is 13.8 Å². The molecule has 2 fully saturated rings. The van der Waals surface area contributed by atoms with Gasteiger partial charge in [-0.15, -0.1) is 0 Å². The number of aliphatic hydroxyl groups excluding tert-OH is 2. The summed E-state index contributed by atoms with van der Waals surface area (Å²) >= 11 is 0. The van der Waals surface area contributed by atoms with E-state index in [1.165, 1.54) is 0 Å². The van der Waals surface area contributed by atoms with E-state index in [1.54, 1.807) is 19.4 Å². The van der Waals surface area contributed by atoms with Crippen molar-refractivity contribution >= 4 is 34.0 Å². The Balaban J connectivity index is 1.42. The van der Waals surface area contributed by atoms with Crippen LogP contribution in [0.5, 0.6) is 0 Å². The second-order valence-electron chi connectivity index (χ2n) is 9.70. The lowest BCUT2D eigenvalue weighted by molar-refractivity contribution is -0.0219. The highest BCUT2D eigenvalue weighted by Gasteiger charge is 2.35. The van der Waals surface area contributed by atoms with Crippen LogP contribution >= 0.6 is 0 Å². The number of hydrogen-bond donors (Lipinski definition) is 3. The zero-order valence-corrected chi connectivity index (χ0v) is 20.6. The topological polar surface area (TPSA) is 120 Å². The largest absolute Gasteiger partial charge is 0.389 e. The Morgan fingerprint density at radius 2 is 1.89 bits per heavy atom. The standard InChI is InChI=1S/C25H33N7O3/c1-14(2)24-16-9-23(27-10-17(16)18(11-28-24)32-13-19(33)15(32)3)29-22-5-7-26-25(30-22)31-8-6-21(35-4)20(34)12-31/h5,7,9-11,14-15,19-21,33-34H,6,8,12-13H2,1-4H3,(H,26,27,29,30)/t15-,19+,20-,21+/m1/s1. The summed E-state index contributed by atoms with van der Waals surface area (Å²) in [6, 6.07) is 3.86. The maximum absolute atomic E-state index is 10.3. The van der Waals surface area contributed by atoms with Gasteiger partial charge in [0.05, 0.1) is 41.9 Å². The van der Waals surface area contributed by atoms with E-state index in [0.717, 1.165) is 22.2 Å². The van der Waals surface area contributed by atoms with Crippen molar-refractivity contribution in [3.63, 3.8) is 0 Å². The second-order valence-corrected chi connectivity index (χ2v) is 9.70. The molecule has 0 bridgehead atoms. The normalized spacial score (nSPS) is 24.7. The molecule has 3 aromatic rings. The summed E-state index contributed by atoms with van der Waals surface area (Å²) < 4.78 is 5.34. The van der Waals surface area contributed by atoms with Gasteiger partial charge in [-0.05, 0) is 31.4 Å². The lowest BCUT2D eigenvalue weighted by atomic mass is 9.97. The Morgan fingerprint density at radius 3 is 2.57 bits per heavy atom. The highest BCUT2D eigenvalue weighted by Crippen LogP contribution is 2.36. The average Bonchev–Trinajstić information content (AvgIpc) is 2.86. The van der Waals surface area contributed by atoms with E-state index in [1.807, 2.05) is 30.3 Å². The van der Waals surface area contributed by atoms with Crippen molar-refractivity contribution in [3.8, 4) is 0 Å². The van der Waals surface area contributed by atoms with Gasteiger partial charge in [0.25, 0.3) is 0 Å². The Labute approximate surface area is 205 Å². The van der Waals surface area contributed by atoms with Crippen molar-refractivity contribution in [1.82, 2.24) is 19.9 Å². The number of nitrogens with zero attached hydrogens (tertiary/aromatic N) is 6. The van der Waals surface area contributed by atoms with Gasteiger partial charge < -0.3 is 30.1 Å². The molecule has 10 heteroatoms. The molecule has 0 aliphatic carbocycles. The molecule has 3 aromatic heterocycles. The van der Waals surface area contributed by atoms with Crippen LogP contribution in [0, 0.1) is 0 Å². The molecule has 0 unspecified atom stereocenters. The van der Waals surface area contributed by atoms with Gasteiger partial charge in [-0.3, -0.25) is 4.98 Å². The van der Waals surface area contributed by atoms with Gasteiger partial charge in [-0.2, -0.15) is 4.98 Å². The molecular weight excluding hydrogens is 446 g/mol. The van der Waals surface area contributed by atoms with E-state index < -0.39 is 6.10 Å². The molecule has 35 heavy (non-hydrogen) atoms. The molecule has 2 aliphatic rings. The van der Waals surface area contributed by atoms with Gasteiger partial charge in [-0.25, -0.2) is 9.97 Å². The summed E-state index contributed by atoms with van der Waals surface area (Å²) in [5, 5.41) is 25.7. The average molecular weight is 480 g/mol. The predicted molar refractivity (Wildman–Crippen MR) is 135 cm³/mol. The number of anilines is 4. The van der Waals surface area contributed by atoms with Crippen LogP contribution in [0.25, 0.3) is 10.8 Å². The zero-order chi connectivity index (χ0) is 24.7. The summed E-state index contributed by atoms with van der Waals surface area (Å²) in [5.74, 6) is 2.09. The number of methoxy groups -OCH3 is 1. The summed E-state index contributed by atoms with van der Waals surface area (Å²) in [5.41, 5.74) is 1.99. The van der Waals surface area contributed by atoms with Crippen molar-refractivity contribution in [2.24, 2.45) is 0 Å². The molecular formula is C25H33N7O3. The van der Waals surface area contributed by atoms with Crippen LogP contribution < -0.4 is 15.1 Å². The van der Waals surface area contributed by atoms with Gasteiger partial charge in [0.2, 0.25) is 5.95 Å². The number of hydrogen-bond acceptors (Lipinski definition) is 10. The quantitative estimate of drug-likeness (QED) is 0.486.